The van der Waals surface area contributed by atoms with Crippen LogP contribution in [-0.4, -0.2) is 15.7 Å². The van der Waals surface area contributed by atoms with Crippen molar-refractivity contribution in [1.29, 1.82) is 0 Å². The van der Waals surface area contributed by atoms with Gasteiger partial charge in [0.05, 0.1) is 17.5 Å². The summed E-state index contributed by atoms with van der Waals surface area (Å²) in [7, 11) is 0. The van der Waals surface area contributed by atoms with E-state index in [4.69, 9.17) is 16.3 Å². The van der Waals surface area contributed by atoms with Gasteiger partial charge in [0.2, 0.25) is 0 Å². The lowest BCUT2D eigenvalue weighted by Gasteiger charge is -2.13. The van der Waals surface area contributed by atoms with Gasteiger partial charge >= 0.3 is 0 Å². The Morgan fingerprint density at radius 3 is 2.65 bits per heavy atom. The zero-order valence-electron chi connectivity index (χ0n) is 12.7. The zero-order chi connectivity index (χ0) is 14.7. The molecule has 1 aromatic carbocycles. The van der Waals surface area contributed by atoms with Crippen molar-refractivity contribution in [1.82, 2.24) is 9.55 Å². The molecule has 20 heavy (non-hydrogen) atoms. The number of aromatic nitrogens is 2. The van der Waals surface area contributed by atoms with Gasteiger partial charge in [0.1, 0.15) is 17.1 Å². The Hall–Kier alpha value is -1.22. The fourth-order valence-corrected chi connectivity index (χ4v) is 2.47. The van der Waals surface area contributed by atoms with Crippen LogP contribution in [0.15, 0.2) is 18.2 Å². The first-order valence-electron chi connectivity index (χ1n) is 7.27. The average molecular weight is 295 g/mol. The first-order chi connectivity index (χ1) is 9.56. The van der Waals surface area contributed by atoms with Crippen LogP contribution in [0.1, 0.15) is 39.9 Å². The summed E-state index contributed by atoms with van der Waals surface area (Å²) in [5, 5.41) is 0. The molecule has 0 saturated heterocycles. The molecule has 2 aromatic rings. The summed E-state index contributed by atoms with van der Waals surface area (Å²) in [4.78, 5) is 4.68. The summed E-state index contributed by atoms with van der Waals surface area (Å²) in [5.41, 5.74) is 2.03. The van der Waals surface area contributed by atoms with Gasteiger partial charge in [-0.05, 0) is 31.9 Å². The third kappa shape index (κ3) is 3.09. The van der Waals surface area contributed by atoms with Gasteiger partial charge in [-0.25, -0.2) is 4.98 Å². The number of fused-ring (bicyclic) bond motifs is 1. The lowest BCUT2D eigenvalue weighted by atomic mass is 10.1. The van der Waals surface area contributed by atoms with E-state index in [0.717, 1.165) is 35.6 Å². The third-order valence-corrected chi connectivity index (χ3v) is 3.73. The van der Waals surface area contributed by atoms with Gasteiger partial charge in [-0.15, -0.1) is 11.6 Å². The smallest absolute Gasteiger partial charge is 0.147 e. The third-order valence-electron chi connectivity index (χ3n) is 3.49. The minimum Gasteiger partial charge on any atom is -0.489 e. The van der Waals surface area contributed by atoms with Crippen LogP contribution in [-0.2, 0) is 12.4 Å². The van der Waals surface area contributed by atoms with Gasteiger partial charge < -0.3 is 9.30 Å². The molecule has 0 aliphatic rings. The van der Waals surface area contributed by atoms with Crippen LogP contribution in [0.3, 0.4) is 0 Å². The number of alkyl halides is 1. The molecule has 0 aliphatic carbocycles. The quantitative estimate of drug-likeness (QED) is 0.728. The molecule has 0 bridgehead atoms. The summed E-state index contributed by atoms with van der Waals surface area (Å²) in [5.74, 6) is 2.78. The number of benzene rings is 1. The molecule has 4 heteroatoms. The molecule has 0 amide bonds. The second kappa shape index (κ2) is 6.49. The first-order valence-corrected chi connectivity index (χ1v) is 7.81. The Morgan fingerprint density at radius 2 is 2.05 bits per heavy atom. The van der Waals surface area contributed by atoms with E-state index in [-0.39, 0.29) is 6.10 Å². The second-order valence-electron chi connectivity index (χ2n) is 5.58. The van der Waals surface area contributed by atoms with E-state index in [0.29, 0.717) is 11.8 Å². The van der Waals surface area contributed by atoms with E-state index in [1.54, 1.807) is 0 Å². The number of hydrogen-bond acceptors (Lipinski definition) is 2. The lowest BCUT2D eigenvalue weighted by Crippen LogP contribution is -2.09. The van der Waals surface area contributed by atoms with E-state index in [2.05, 4.69) is 29.5 Å². The minimum atomic E-state index is 0.139. The molecule has 0 saturated carbocycles. The van der Waals surface area contributed by atoms with E-state index >= 15 is 0 Å². The van der Waals surface area contributed by atoms with Crippen molar-refractivity contribution in [2.45, 2.75) is 52.6 Å². The van der Waals surface area contributed by atoms with Crippen molar-refractivity contribution >= 4 is 22.6 Å². The number of halogens is 1. The normalized spacial score (nSPS) is 13.1. The Morgan fingerprint density at radius 1 is 1.30 bits per heavy atom. The SMILES string of the molecule is CCC(C)Cn1c(CCl)nc2c(OC(C)C)cccc21. The molecule has 1 unspecified atom stereocenters. The van der Waals surface area contributed by atoms with Crippen LogP contribution < -0.4 is 4.74 Å². The molecule has 1 heterocycles. The van der Waals surface area contributed by atoms with Crippen molar-refractivity contribution in [2.75, 3.05) is 0 Å². The molecule has 1 aromatic heterocycles. The highest BCUT2D eigenvalue weighted by molar-refractivity contribution is 6.16. The van der Waals surface area contributed by atoms with Crippen molar-refractivity contribution in [3.8, 4) is 5.75 Å². The van der Waals surface area contributed by atoms with Gasteiger partial charge in [0.15, 0.2) is 0 Å². The standard InChI is InChI=1S/C16H23ClN2O/c1-5-12(4)10-19-13-7-6-8-14(20-11(2)3)16(13)18-15(19)9-17/h6-8,11-12H,5,9-10H2,1-4H3. The molecule has 3 nitrogen and oxygen atoms in total. The predicted octanol–water partition coefficient (Wildman–Crippen LogP) is 4.61. The van der Waals surface area contributed by atoms with Crippen LogP contribution in [0.5, 0.6) is 5.75 Å². The number of ether oxygens (including phenoxy) is 1. The second-order valence-corrected chi connectivity index (χ2v) is 5.84. The van der Waals surface area contributed by atoms with Crippen LogP contribution >= 0.6 is 11.6 Å². The number of rotatable bonds is 6. The van der Waals surface area contributed by atoms with Gasteiger partial charge in [-0.1, -0.05) is 26.3 Å². The van der Waals surface area contributed by atoms with Crippen molar-refractivity contribution in [2.24, 2.45) is 5.92 Å². The lowest BCUT2D eigenvalue weighted by molar-refractivity contribution is 0.245. The highest BCUT2D eigenvalue weighted by atomic mass is 35.5. The highest BCUT2D eigenvalue weighted by Gasteiger charge is 2.15. The maximum atomic E-state index is 6.06. The summed E-state index contributed by atoms with van der Waals surface area (Å²) in [6.07, 6.45) is 1.28. The van der Waals surface area contributed by atoms with Gasteiger partial charge in [-0.2, -0.15) is 0 Å². The Labute approximate surface area is 125 Å². The molecule has 0 spiro atoms. The summed E-state index contributed by atoms with van der Waals surface area (Å²) < 4.78 is 8.08. The number of hydrogen-bond donors (Lipinski definition) is 0. The maximum absolute atomic E-state index is 6.06. The predicted molar refractivity (Wildman–Crippen MR) is 84.5 cm³/mol. The highest BCUT2D eigenvalue weighted by Crippen LogP contribution is 2.28. The molecule has 2 rings (SSSR count). The molecule has 0 aliphatic heterocycles. The number of nitrogens with zero attached hydrogens (tertiary/aromatic N) is 2. The Kier molecular flexibility index (Phi) is 4.92. The Bertz CT molecular complexity index is 577. The topological polar surface area (TPSA) is 27.1 Å². The maximum Gasteiger partial charge on any atom is 0.147 e. The average Bonchev–Trinajstić information content (AvgIpc) is 2.77. The van der Waals surface area contributed by atoms with Crippen LogP contribution in [0, 0.1) is 5.92 Å². The summed E-state index contributed by atoms with van der Waals surface area (Å²) >= 11 is 6.06. The van der Waals surface area contributed by atoms with Crippen molar-refractivity contribution in [3.05, 3.63) is 24.0 Å². The molecular formula is C16H23ClN2O. The molecular weight excluding hydrogens is 272 g/mol. The molecule has 110 valence electrons. The summed E-state index contributed by atoms with van der Waals surface area (Å²) in [6.45, 7) is 9.45. The van der Waals surface area contributed by atoms with Crippen LogP contribution in [0.4, 0.5) is 0 Å². The van der Waals surface area contributed by atoms with Crippen LogP contribution in [0.2, 0.25) is 0 Å². The molecule has 0 N–H and O–H groups in total. The molecule has 1 atom stereocenters. The first kappa shape index (κ1) is 15.2. The number of para-hydroxylation sites is 1. The van der Waals surface area contributed by atoms with Gasteiger partial charge in [-0.3, -0.25) is 0 Å². The van der Waals surface area contributed by atoms with E-state index < -0.39 is 0 Å². The largest absolute Gasteiger partial charge is 0.489 e. The van der Waals surface area contributed by atoms with E-state index in [9.17, 15) is 0 Å². The number of imidazole rings is 1. The molecule has 0 radical (unpaired) electrons. The monoisotopic (exact) mass is 294 g/mol. The minimum absolute atomic E-state index is 0.139. The summed E-state index contributed by atoms with van der Waals surface area (Å²) in [6, 6.07) is 6.09. The molecule has 0 fully saturated rings. The fourth-order valence-electron chi connectivity index (χ4n) is 2.26. The van der Waals surface area contributed by atoms with Gasteiger partial charge in [0, 0.05) is 6.54 Å². The van der Waals surface area contributed by atoms with Crippen molar-refractivity contribution < 1.29 is 4.74 Å². The van der Waals surface area contributed by atoms with Crippen molar-refractivity contribution in [3.63, 3.8) is 0 Å². The fraction of sp³-hybridized carbons (Fsp3) is 0.562. The van der Waals surface area contributed by atoms with E-state index in [1.807, 2.05) is 26.0 Å². The van der Waals surface area contributed by atoms with Gasteiger partial charge in [0.25, 0.3) is 0 Å². The van der Waals surface area contributed by atoms with E-state index in [1.165, 1.54) is 0 Å². The zero-order valence-corrected chi connectivity index (χ0v) is 13.4. The van der Waals surface area contributed by atoms with Crippen LogP contribution in [0.25, 0.3) is 11.0 Å². The Balaban J connectivity index is 2.51.